The molecule has 1 heterocycles. The van der Waals surface area contributed by atoms with Gasteiger partial charge in [0.05, 0.1) is 12.1 Å². The molecule has 1 saturated carbocycles. The monoisotopic (exact) mass is 264 g/mol. The molecule has 5 heteroatoms. The highest BCUT2D eigenvalue weighted by Gasteiger charge is 2.22. The Labute approximate surface area is 114 Å². The second kappa shape index (κ2) is 6.19. The normalized spacial score (nSPS) is 23.8. The van der Waals surface area contributed by atoms with Crippen molar-refractivity contribution in [1.82, 2.24) is 9.97 Å². The number of aromatic nitrogens is 2. The summed E-state index contributed by atoms with van der Waals surface area (Å²) in [7, 11) is 1.86. The fourth-order valence-corrected chi connectivity index (χ4v) is 2.64. The van der Waals surface area contributed by atoms with Gasteiger partial charge < -0.3 is 15.7 Å². The SMILES string of the molecule is CNc1nc(C)nc(NC2CCCCCC2O)c1C. The van der Waals surface area contributed by atoms with Crippen LogP contribution in [-0.4, -0.2) is 34.3 Å². The highest BCUT2D eigenvalue weighted by Crippen LogP contribution is 2.25. The molecule has 0 aromatic carbocycles. The molecule has 19 heavy (non-hydrogen) atoms. The molecule has 0 amide bonds. The van der Waals surface area contributed by atoms with E-state index in [2.05, 4.69) is 20.6 Å². The van der Waals surface area contributed by atoms with Crippen LogP contribution in [0, 0.1) is 13.8 Å². The van der Waals surface area contributed by atoms with Crippen molar-refractivity contribution < 1.29 is 5.11 Å². The van der Waals surface area contributed by atoms with Crippen LogP contribution in [0.3, 0.4) is 0 Å². The third kappa shape index (κ3) is 3.35. The van der Waals surface area contributed by atoms with Crippen LogP contribution in [0.25, 0.3) is 0 Å². The Morgan fingerprint density at radius 1 is 1.05 bits per heavy atom. The van der Waals surface area contributed by atoms with E-state index in [-0.39, 0.29) is 12.1 Å². The number of hydrogen-bond donors (Lipinski definition) is 3. The van der Waals surface area contributed by atoms with Crippen molar-refractivity contribution >= 4 is 11.6 Å². The Morgan fingerprint density at radius 3 is 2.47 bits per heavy atom. The first-order valence-corrected chi connectivity index (χ1v) is 7.09. The van der Waals surface area contributed by atoms with Gasteiger partial charge in [-0.15, -0.1) is 0 Å². The Bertz CT molecular complexity index is 436. The lowest BCUT2D eigenvalue weighted by molar-refractivity contribution is 0.144. The van der Waals surface area contributed by atoms with Crippen LogP contribution in [0.1, 0.15) is 43.5 Å². The van der Waals surface area contributed by atoms with E-state index in [0.29, 0.717) is 0 Å². The third-order valence-corrected chi connectivity index (χ3v) is 3.80. The maximum Gasteiger partial charge on any atom is 0.135 e. The number of nitrogens with zero attached hydrogens (tertiary/aromatic N) is 2. The molecule has 0 bridgehead atoms. The molecule has 1 aliphatic carbocycles. The fourth-order valence-electron chi connectivity index (χ4n) is 2.64. The summed E-state index contributed by atoms with van der Waals surface area (Å²) in [5.41, 5.74) is 1.00. The van der Waals surface area contributed by atoms with E-state index in [0.717, 1.165) is 48.7 Å². The molecule has 1 aromatic heterocycles. The quantitative estimate of drug-likeness (QED) is 0.730. The summed E-state index contributed by atoms with van der Waals surface area (Å²) in [5, 5.41) is 16.7. The molecule has 5 nitrogen and oxygen atoms in total. The van der Waals surface area contributed by atoms with Crippen molar-refractivity contribution in [2.24, 2.45) is 0 Å². The van der Waals surface area contributed by atoms with Crippen LogP contribution in [-0.2, 0) is 0 Å². The average Bonchev–Trinajstić information content (AvgIpc) is 2.59. The summed E-state index contributed by atoms with van der Waals surface area (Å²) in [4.78, 5) is 8.82. The van der Waals surface area contributed by atoms with Crippen LogP contribution in [0.4, 0.5) is 11.6 Å². The van der Waals surface area contributed by atoms with E-state index in [4.69, 9.17) is 0 Å². The summed E-state index contributed by atoms with van der Waals surface area (Å²) >= 11 is 0. The average molecular weight is 264 g/mol. The largest absolute Gasteiger partial charge is 0.391 e. The van der Waals surface area contributed by atoms with Gasteiger partial charge in [-0.1, -0.05) is 19.3 Å². The molecule has 0 spiro atoms. The molecule has 0 aliphatic heterocycles. The first kappa shape index (κ1) is 14.1. The zero-order chi connectivity index (χ0) is 13.8. The summed E-state index contributed by atoms with van der Waals surface area (Å²) in [6.07, 6.45) is 5.08. The Kier molecular flexibility index (Phi) is 4.58. The minimum atomic E-state index is -0.282. The zero-order valence-electron chi connectivity index (χ0n) is 12.0. The maximum absolute atomic E-state index is 10.2. The number of aliphatic hydroxyl groups is 1. The lowest BCUT2D eigenvalue weighted by atomic mass is 10.1. The first-order chi connectivity index (χ1) is 9.11. The number of nitrogens with one attached hydrogen (secondary N) is 2. The van der Waals surface area contributed by atoms with E-state index in [9.17, 15) is 5.11 Å². The molecule has 2 atom stereocenters. The van der Waals surface area contributed by atoms with Crippen LogP contribution >= 0.6 is 0 Å². The molecule has 1 aromatic rings. The summed E-state index contributed by atoms with van der Waals surface area (Å²) < 4.78 is 0. The van der Waals surface area contributed by atoms with Crippen molar-refractivity contribution in [3.8, 4) is 0 Å². The first-order valence-electron chi connectivity index (χ1n) is 7.09. The smallest absolute Gasteiger partial charge is 0.135 e. The van der Waals surface area contributed by atoms with Gasteiger partial charge >= 0.3 is 0 Å². The van der Waals surface area contributed by atoms with Gasteiger partial charge in [-0.05, 0) is 26.7 Å². The minimum absolute atomic E-state index is 0.0974. The molecule has 0 saturated heterocycles. The number of aryl methyl sites for hydroxylation is 1. The second-order valence-corrected chi connectivity index (χ2v) is 5.30. The Morgan fingerprint density at radius 2 is 1.74 bits per heavy atom. The lowest BCUT2D eigenvalue weighted by Gasteiger charge is -2.24. The molecule has 0 radical (unpaired) electrons. The number of aliphatic hydroxyl groups excluding tert-OH is 1. The molecule has 106 valence electrons. The Balaban J connectivity index is 2.19. The van der Waals surface area contributed by atoms with Gasteiger partial charge in [-0.2, -0.15) is 0 Å². The highest BCUT2D eigenvalue weighted by molar-refractivity contribution is 5.57. The zero-order valence-corrected chi connectivity index (χ0v) is 12.0. The number of rotatable bonds is 3. The summed E-state index contributed by atoms with van der Waals surface area (Å²) in [5.74, 6) is 2.42. The predicted octanol–water partition coefficient (Wildman–Crippen LogP) is 2.24. The van der Waals surface area contributed by atoms with Gasteiger partial charge in [0.25, 0.3) is 0 Å². The highest BCUT2D eigenvalue weighted by atomic mass is 16.3. The molecule has 1 fully saturated rings. The van der Waals surface area contributed by atoms with E-state index in [1.54, 1.807) is 0 Å². The summed E-state index contributed by atoms with van der Waals surface area (Å²) in [6, 6.07) is 0.0974. The van der Waals surface area contributed by atoms with Gasteiger partial charge in [0.15, 0.2) is 0 Å². The van der Waals surface area contributed by atoms with Gasteiger partial charge in [-0.25, -0.2) is 9.97 Å². The van der Waals surface area contributed by atoms with E-state index >= 15 is 0 Å². The van der Waals surface area contributed by atoms with Crippen LogP contribution in [0.15, 0.2) is 0 Å². The topological polar surface area (TPSA) is 70.1 Å². The van der Waals surface area contributed by atoms with Gasteiger partial charge in [0, 0.05) is 12.6 Å². The van der Waals surface area contributed by atoms with E-state index < -0.39 is 0 Å². The molecule has 1 aliphatic rings. The van der Waals surface area contributed by atoms with Crippen LogP contribution < -0.4 is 10.6 Å². The number of anilines is 2. The maximum atomic E-state index is 10.2. The van der Waals surface area contributed by atoms with Crippen molar-refractivity contribution in [2.75, 3.05) is 17.7 Å². The van der Waals surface area contributed by atoms with Crippen molar-refractivity contribution in [3.05, 3.63) is 11.4 Å². The molecule has 3 N–H and O–H groups in total. The van der Waals surface area contributed by atoms with Crippen molar-refractivity contribution in [2.45, 2.75) is 58.1 Å². The fraction of sp³-hybridized carbons (Fsp3) is 0.714. The third-order valence-electron chi connectivity index (χ3n) is 3.80. The summed E-state index contributed by atoms with van der Waals surface area (Å²) in [6.45, 7) is 3.88. The molecule has 2 rings (SSSR count). The van der Waals surface area contributed by atoms with Crippen LogP contribution in [0.2, 0.25) is 0 Å². The van der Waals surface area contributed by atoms with Gasteiger partial charge in [0.1, 0.15) is 17.5 Å². The van der Waals surface area contributed by atoms with Gasteiger partial charge in [0.2, 0.25) is 0 Å². The molecular weight excluding hydrogens is 240 g/mol. The second-order valence-electron chi connectivity index (χ2n) is 5.30. The van der Waals surface area contributed by atoms with Gasteiger partial charge in [-0.3, -0.25) is 0 Å². The van der Waals surface area contributed by atoms with E-state index in [1.165, 1.54) is 6.42 Å². The lowest BCUT2D eigenvalue weighted by Crippen LogP contribution is -2.33. The number of hydrogen-bond acceptors (Lipinski definition) is 5. The minimum Gasteiger partial charge on any atom is -0.391 e. The molecular formula is C14H24N4O. The molecule has 2 unspecified atom stereocenters. The predicted molar refractivity (Wildman–Crippen MR) is 77.6 cm³/mol. The van der Waals surface area contributed by atoms with E-state index in [1.807, 2.05) is 20.9 Å². The Hall–Kier alpha value is -1.36. The standard InChI is InChI=1S/C14H24N4O/c1-9-13(15-3)16-10(2)17-14(9)18-11-7-5-4-6-8-12(11)19/h11-12,19H,4-8H2,1-3H3,(H2,15,16,17,18). The van der Waals surface area contributed by atoms with Crippen molar-refractivity contribution in [1.29, 1.82) is 0 Å². The van der Waals surface area contributed by atoms with Crippen molar-refractivity contribution in [3.63, 3.8) is 0 Å². The van der Waals surface area contributed by atoms with Crippen LogP contribution in [0.5, 0.6) is 0 Å².